The Morgan fingerprint density at radius 1 is 1.29 bits per heavy atom. The van der Waals surface area contributed by atoms with Gasteiger partial charge in [-0.3, -0.25) is 0 Å². The summed E-state index contributed by atoms with van der Waals surface area (Å²) in [6, 6.07) is 6.90. The average Bonchev–Trinajstić information content (AvgIpc) is 2.19. The van der Waals surface area contributed by atoms with Gasteiger partial charge in [-0.15, -0.1) is 0 Å². The molecule has 0 aliphatic heterocycles. The van der Waals surface area contributed by atoms with E-state index >= 15 is 0 Å². The molecule has 0 atom stereocenters. The second kappa shape index (κ2) is 3.18. The van der Waals surface area contributed by atoms with E-state index in [0.717, 1.165) is 17.4 Å². The number of aryl methyl sites for hydroxylation is 1. The lowest BCUT2D eigenvalue weighted by atomic mass is 10.1. The largest absolute Gasteiger partial charge is 0.420 e. The van der Waals surface area contributed by atoms with Crippen molar-refractivity contribution in [2.24, 2.45) is 0 Å². The van der Waals surface area contributed by atoms with Crippen molar-refractivity contribution < 1.29 is 4.42 Å². The van der Waals surface area contributed by atoms with Crippen LogP contribution < -0.4 is 11.4 Å². The number of nitrogen functional groups attached to an aromatic ring is 1. The summed E-state index contributed by atoms with van der Waals surface area (Å²) >= 11 is 0. The number of hydrogen-bond donors (Lipinski definition) is 1. The van der Waals surface area contributed by atoms with Gasteiger partial charge in [-0.2, -0.15) is 0 Å². The van der Waals surface area contributed by atoms with Gasteiger partial charge in [-0.25, -0.2) is 4.79 Å². The summed E-state index contributed by atoms with van der Waals surface area (Å²) in [7, 11) is 0. The molecule has 0 spiro atoms. The summed E-state index contributed by atoms with van der Waals surface area (Å²) in [6.45, 7) is 2.05. The van der Waals surface area contributed by atoms with E-state index in [4.69, 9.17) is 10.2 Å². The summed E-state index contributed by atoms with van der Waals surface area (Å²) in [5.74, 6) is 0. The predicted molar refractivity (Wildman–Crippen MR) is 56.3 cm³/mol. The van der Waals surface area contributed by atoms with Crippen LogP contribution >= 0.6 is 0 Å². The maximum absolute atomic E-state index is 11.0. The van der Waals surface area contributed by atoms with Crippen molar-refractivity contribution in [3.05, 3.63) is 40.2 Å². The Balaban J connectivity index is 2.91. The first kappa shape index (κ1) is 8.81. The van der Waals surface area contributed by atoms with Crippen LogP contribution in [-0.4, -0.2) is 0 Å². The highest BCUT2D eigenvalue weighted by Gasteiger charge is 2.04. The molecule has 0 saturated heterocycles. The molecule has 1 aromatic heterocycles. The van der Waals surface area contributed by atoms with Crippen molar-refractivity contribution in [3.63, 3.8) is 0 Å². The quantitative estimate of drug-likeness (QED) is 0.551. The van der Waals surface area contributed by atoms with Crippen LogP contribution in [0, 0.1) is 0 Å². The van der Waals surface area contributed by atoms with Crippen molar-refractivity contribution in [2.45, 2.75) is 13.3 Å². The van der Waals surface area contributed by atoms with E-state index in [0.29, 0.717) is 11.3 Å². The van der Waals surface area contributed by atoms with Crippen molar-refractivity contribution in [1.82, 2.24) is 0 Å². The maximum atomic E-state index is 11.0. The smallest absolute Gasteiger partial charge is 0.336 e. The van der Waals surface area contributed by atoms with E-state index < -0.39 is 0 Å². The normalized spacial score (nSPS) is 10.6. The molecule has 0 amide bonds. The van der Waals surface area contributed by atoms with E-state index in [9.17, 15) is 4.79 Å². The number of anilines is 1. The summed E-state index contributed by atoms with van der Waals surface area (Å²) < 4.78 is 5.05. The third kappa shape index (κ3) is 1.27. The van der Waals surface area contributed by atoms with Crippen LogP contribution in [0.25, 0.3) is 11.0 Å². The van der Waals surface area contributed by atoms with Crippen molar-refractivity contribution in [1.29, 1.82) is 0 Å². The first-order chi connectivity index (χ1) is 6.72. The molecule has 0 aliphatic carbocycles. The van der Waals surface area contributed by atoms with E-state index in [1.165, 1.54) is 6.07 Å². The molecule has 3 nitrogen and oxygen atoms in total. The number of hydrogen-bond acceptors (Lipinski definition) is 3. The molecule has 1 heterocycles. The van der Waals surface area contributed by atoms with Crippen LogP contribution in [0.15, 0.2) is 33.5 Å². The molecule has 0 bridgehead atoms. The molecule has 2 N–H and O–H groups in total. The summed E-state index contributed by atoms with van der Waals surface area (Å²) in [5, 5.41) is 0.923. The van der Waals surface area contributed by atoms with Gasteiger partial charge in [0.1, 0.15) is 0 Å². The second-order valence-electron chi connectivity index (χ2n) is 3.16. The van der Waals surface area contributed by atoms with Crippen molar-refractivity contribution in [2.75, 3.05) is 5.73 Å². The predicted octanol–water partition coefficient (Wildman–Crippen LogP) is 1.94. The topological polar surface area (TPSA) is 56.2 Å². The fourth-order valence-corrected chi connectivity index (χ4v) is 1.55. The summed E-state index contributed by atoms with van der Waals surface area (Å²) in [5.41, 5.74) is 7.50. The van der Waals surface area contributed by atoms with Gasteiger partial charge in [-0.05, 0) is 24.1 Å². The number of benzene rings is 1. The van der Waals surface area contributed by atoms with Gasteiger partial charge in [0.2, 0.25) is 0 Å². The summed E-state index contributed by atoms with van der Waals surface area (Å²) in [4.78, 5) is 11.0. The van der Waals surface area contributed by atoms with Gasteiger partial charge < -0.3 is 10.2 Å². The molecule has 72 valence electrons. The minimum absolute atomic E-state index is 0.363. The van der Waals surface area contributed by atoms with Crippen LogP contribution in [0.4, 0.5) is 5.69 Å². The second-order valence-corrected chi connectivity index (χ2v) is 3.16. The first-order valence-corrected chi connectivity index (χ1v) is 4.53. The standard InChI is InChI=1S/C11H11NO2/c1-2-7-3-5-9(12)11-8(7)4-6-10(13)14-11/h3-6H,2,12H2,1H3. The van der Waals surface area contributed by atoms with Crippen molar-refractivity contribution >= 4 is 16.7 Å². The van der Waals surface area contributed by atoms with Crippen LogP contribution in [0.1, 0.15) is 12.5 Å². The highest BCUT2D eigenvalue weighted by molar-refractivity contribution is 5.89. The van der Waals surface area contributed by atoms with Crippen LogP contribution in [0.5, 0.6) is 0 Å². The van der Waals surface area contributed by atoms with Gasteiger partial charge in [-0.1, -0.05) is 13.0 Å². The van der Waals surface area contributed by atoms with Crippen LogP contribution in [0.3, 0.4) is 0 Å². The monoisotopic (exact) mass is 189 g/mol. The van der Waals surface area contributed by atoms with E-state index in [1.807, 2.05) is 6.07 Å². The molecule has 0 saturated carbocycles. The lowest BCUT2D eigenvalue weighted by Crippen LogP contribution is -1.98. The zero-order valence-corrected chi connectivity index (χ0v) is 7.91. The molecule has 0 radical (unpaired) electrons. The molecule has 1 aromatic carbocycles. The first-order valence-electron chi connectivity index (χ1n) is 4.53. The molecular weight excluding hydrogens is 178 g/mol. The molecule has 3 heteroatoms. The molecular formula is C11H11NO2. The summed E-state index contributed by atoms with van der Waals surface area (Å²) in [6.07, 6.45) is 0.893. The number of rotatable bonds is 1. The Kier molecular flexibility index (Phi) is 2.00. The van der Waals surface area contributed by atoms with E-state index in [2.05, 4.69) is 6.92 Å². The molecule has 14 heavy (non-hydrogen) atoms. The average molecular weight is 189 g/mol. The Hall–Kier alpha value is -1.77. The molecule has 2 rings (SSSR count). The van der Waals surface area contributed by atoms with Gasteiger partial charge in [0.25, 0.3) is 0 Å². The number of fused-ring (bicyclic) bond motifs is 1. The Morgan fingerprint density at radius 2 is 2.07 bits per heavy atom. The van der Waals surface area contributed by atoms with Gasteiger partial charge >= 0.3 is 5.63 Å². The minimum Gasteiger partial charge on any atom is -0.420 e. The minimum atomic E-state index is -0.363. The number of nitrogens with two attached hydrogens (primary N) is 1. The molecule has 0 fully saturated rings. The highest BCUT2D eigenvalue weighted by Crippen LogP contribution is 2.23. The molecule has 0 aliphatic rings. The molecule has 0 unspecified atom stereocenters. The highest BCUT2D eigenvalue weighted by atomic mass is 16.4. The van der Waals surface area contributed by atoms with Crippen LogP contribution in [-0.2, 0) is 6.42 Å². The Bertz CT molecular complexity index is 528. The van der Waals surface area contributed by atoms with E-state index in [1.54, 1.807) is 12.1 Å². The van der Waals surface area contributed by atoms with E-state index in [-0.39, 0.29) is 5.63 Å². The third-order valence-corrected chi connectivity index (χ3v) is 2.29. The third-order valence-electron chi connectivity index (χ3n) is 2.29. The zero-order chi connectivity index (χ0) is 10.1. The lowest BCUT2D eigenvalue weighted by molar-refractivity contribution is 0.562. The zero-order valence-electron chi connectivity index (χ0n) is 7.91. The SMILES string of the molecule is CCc1ccc(N)c2oc(=O)ccc12. The lowest BCUT2D eigenvalue weighted by Gasteiger charge is -2.04. The fraction of sp³-hybridized carbons (Fsp3) is 0.182. The molecule has 2 aromatic rings. The maximum Gasteiger partial charge on any atom is 0.336 e. The Labute approximate surface area is 81.1 Å². The fourth-order valence-electron chi connectivity index (χ4n) is 1.55. The Morgan fingerprint density at radius 3 is 2.79 bits per heavy atom. The van der Waals surface area contributed by atoms with Crippen LogP contribution in [0.2, 0.25) is 0 Å². The van der Waals surface area contributed by atoms with Gasteiger partial charge in [0, 0.05) is 11.5 Å². The van der Waals surface area contributed by atoms with Gasteiger partial charge in [0.15, 0.2) is 5.58 Å². The van der Waals surface area contributed by atoms with Crippen molar-refractivity contribution in [3.8, 4) is 0 Å². The van der Waals surface area contributed by atoms with Gasteiger partial charge in [0.05, 0.1) is 5.69 Å².